The molecule has 0 unspecified atom stereocenters. The molecule has 2 aromatic heterocycles. The van der Waals surface area contributed by atoms with E-state index in [0.29, 0.717) is 24.2 Å². The molecule has 0 aromatic carbocycles. The Labute approximate surface area is 166 Å². The smallest absolute Gasteiger partial charge is 0.273 e. The van der Waals surface area contributed by atoms with Gasteiger partial charge in [0, 0.05) is 49.8 Å². The van der Waals surface area contributed by atoms with Gasteiger partial charge in [0.1, 0.15) is 5.69 Å². The Hall–Kier alpha value is -2.63. The Bertz CT molecular complexity index is 829. The highest BCUT2D eigenvalue weighted by atomic mass is 16.5. The molecule has 0 bridgehead atoms. The van der Waals surface area contributed by atoms with Gasteiger partial charge in [0.25, 0.3) is 5.91 Å². The summed E-state index contributed by atoms with van der Waals surface area (Å²) in [6.07, 6.45) is 8.10. The molecule has 4 rings (SSSR count). The Kier molecular flexibility index (Phi) is 5.46. The van der Waals surface area contributed by atoms with E-state index in [0.717, 1.165) is 37.2 Å². The number of hydrogen-bond acceptors (Lipinski definition) is 5. The van der Waals surface area contributed by atoms with Crippen LogP contribution in [0.4, 0.5) is 5.69 Å². The Morgan fingerprint density at radius 3 is 2.64 bits per heavy atom. The lowest BCUT2D eigenvalue weighted by atomic mass is 10.2. The molecule has 6 nitrogen and oxygen atoms in total. The average Bonchev–Trinajstić information content (AvgIpc) is 3.38. The van der Waals surface area contributed by atoms with Crippen LogP contribution in [0.3, 0.4) is 0 Å². The molecule has 2 aliphatic rings. The van der Waals surface area contributed by atoms with Crippen molar-refractivity contribution in [3.8, 4) is 5.88 Å². The highest BCUT2D eigenvalue weighted by molar-refractivity contribution is 5.93. The van der Waals surface area contributed by atoms with Crippen LogP contribution < -0.4 is 9.64 Å². The lowest BCUT2D eigenvalue weighted by Crippen LogP contribution is -2.33. The predicted molar refractivity (Wildman–Crippen MR) is 109 cm³/mol. The first-order chi connectivity index (χ1) is 13.6. The van der Waals surface area contributed by atoms with E-state index in [4.69, 9.17) is 4.74 Å². The van der Waals surface area contributed by atoms with Crippen molar-refractivity contribution in [1.29, 1.82) is 0 Å². The van der Waals surface area contributed by atoms with Crippen LogP contribution in [0.1, 0.15) is 55.6 Å². The topological polar surface area (TPSA) is 58.6 Å². The zero-order chi connectivity index (χ0) is 19.5. The fraction of sp³-hybridized carbons (Fsp3) is 0.500. The SMILES string of the molecule is CC(C)Oc1cc(CN(C(=O)c2cc(N3CCCC3)ccn2)C2CC2)ccn1. The summed E-state index contributed by atoms with van der Waals surface area (Å²) in [6, 6.07) is 8.12. The molecule has 0 radical (unpaired) electrons. The van der Waals surface area contributed by atoms with Crippen LogP contribution in [0.2, 0.25) is 0 Å². The minimum absolute atomic E-state index is 0.00619. The number of ether oxygens (including phenoxy) is 1. The first-order valence-corrected chi connectivity index (χ1v) is 10.2. The normalized spacial score (nSPS) is 16.5. The minimum atomic E-state index is 0.00619. The van der Waals surface area contributed by atoms with E-state index < -0.39 is 0 Å². The van der Waals surface area contributed by atoms with E-state index in [1.165, 1.54) is 12.8 Å². The van der Waals surface area contributed by atoms with Crippen molar-refractivity contribution >= 4 is 11.6 Å². The minimum Gasteiger partial charge on any atom is -0.475 e. The maximum absolute atomic E-state index is 13.3. The van der Waals surface area contributed by atoms with E-state index >= 15 is 0 Å². The van der Waals surface area contributed by atoms with Crippen LogP contribution in [0.15, 0.2) is 36.7 Å². The first kappa shape index (κ1) is 18.7. The second-order valence-electron chi connectivity index (χ2n) is 7.93. The van der Waals surface area contributed by atoms with Crippen molar-refractivity contribution in [2.75, 3.05) is 18.0 Å². The van der Waals surface area contributed by atoms with Gasteiger partial charge in [-0.1, -0.05) is 0 Å². The number of carbonyl (C=O) groups excluding carboxylic acids is 1. The first-order valence-electron chi connectivity index (χ1n) is 10.2. The van der Waals surface area contributed by atoms with Gasteiger partial charge in [-0.3, -0.25) is 9.78 Å². The highest BCUT2D eigenvalue weighted by Crippen LogP contribution is 2.30. The van der Waals surface area contributed by atoms with Gasteiger partial charge >= 0.3 is 0 Å². The summed E-state index contributed by atoms with van der Waals surface area (Å²) in [5.41, 5.74) is 2.66. The molecular weight excluding hydrogens is 352 g/mol. The van der Waals surface area contributed by atoms with Gasteiger partial charge in [0.2, 0.25) is 5.88 Å². The number of aromatic nitrogens is 2. The lowest BCUT2D eigenvalue weighted by molar-refractivity contribution is 0.0723. The number of pyridine rings is 2. The van der Waals surface area contributed by atoms with Crippen LogP contribution in [0.5, 0.6) is 5.88 Å². The molecule has 148 valence electrons. The summed E-state index contributed by atoms with van der Waals surface area (Å²) in [4.78, 5) is 26.2. The molecule has 1 aliphatic carbocycles. The third-order valence-corrected chi connectivity index (χ3v) is 5.19. The highest BCUT2D eigenvalue weighted by Gasteiger charge is 2.34. The van der Waals surface area contributed by atoms with Crippen molar-refractivity contribution in [3.05, 3.63) is 47.9 Å². The summed E-state index contributed by atoms with van der Waals surface area (Å²) in [7, 11) is 0. The Morgan fingerprint density at radius 2 is 1.93 bits per heavy atom. The number of amides is 1. The molecule has 28 heavy (non-hydrogen) atoms. The summed E-state index contributed by atoms with van der Waals surface area (Å²) in [6.45, 7) is 6.62. The Balaban J connectivity index is 1.52. The third-order valence-electron chi connectivity index (χ3n) is 5.19. The van der Waals surface area contributed by atoms with Crippen molar-refractivity contribution in [2.24, 2.45) is 0 Å². The maximum atomic E-state index is 13.3. The maximum Gasteiger partial charge on any atom is 0.273 e. The summed E-state index contributed by atoms with van der Waals surface area (Å²) >= 11 is 0. The molecule has 1 saturated heterocycles. The fourth-order valence-electron chi connectivity index (χ4n) is 3.66. The standard InChI is InChI=1S/C22H28N4O2/c1-16(2)28-21-13-17(7-9-24-21)15-26(18-5-6-18)22(27)20-14-19(8-10-23-20)25-11-3-4-12-25/h7-10,13-14,16,18H,3-6,11-12,15H2,1-2H3. The molecule has 0 N–H and O–H groups in total. The molecule has 0 atom stereocenters. The molecule has 1 aliphatic heterocycles. The number of nitrogens with zero attached hydrogens (tertiary/aromatic N) is 4. The number of hydrogen-bond donors (Lipinski definition) is 0. The van der Waals surface area contributed by atoms with Gasteiger partial charge in [0.05, 0.1) is 6.10 Å². The molecule has 1 amide bonds. The summed E-state index contributed by atoms with van der Waals surface area (Å²) in [5, 5.41) is 0. The zero-order valence-electron chi connectivity index (χ0n) is 16.7. The van der Waals surface area contributed by atoms with Crippen LogP contribution in [-0.4, -0.2) is 46.0 Å². The molecule has 1 saturated carbocycles. The van der Waals surface area contributed by atoms with Crippen molar-refractivity contribution < 1.29 is 9.53 Å². The largest absolute Gasteiger partial charge is 0.475 e. The lowest BCUT2D eigenvalue weighted by Gasteiger charge is -2.23. The van der Waals surface area contributed by atoms with Crippen LogP contribution >= 0.6 is 0 Å². The van der Waals surface area contributed by atoms with Gasteiger partial charge in [0.15, 0.2) is 0 Å². The monoisotopic (exact) mass is 380 g/mol. The van der Waals surface area contributed by atoms with Crippen LogP contribution in [0, 0.1) is 0 Å². The van der Waals surface area contributed by atoms with Gasteiger partial charge in [-0.25, -0.2) is 4.98 Å². The second-order valence-corrected chi connectivity index (χ2v) is 7.93. The van der Waals surface area contributed by atoms with E-state index in [9.17, 15) is 4.79 Å². The second kappa shape index (κ2) is 8.17. The van der Waals surface area contributed by atoms with Crippen LogP contribution in [-0.2, 0) is 6.54 Å². The number of anilines is 1. The number of carbonyl (C=O) groups is 1. The van der Waals surface area contributed by atoms with Crippen molar-refractivity contribution in [3.63, 3.8) is 0 Å². The van der Waals surface area contributed by atoms with Crippen LogP contribution in [0.25, 0.3) is 0 Å². The molecular formula is C22H28N4O2. The molecule has 0 spiro atoms. The average molecular weight is 380 g/mol. The quantitative estimate of drug-likeness (QED) is 0.734. The summed E-state index contributed by atoms with van der Waals surface area (Å²) in [5.74, 6) is 0.608. The number of rotatable bonds is 7. The predicted octanol–water partition coefficient (Wildman–Crippen LogP) is 3.67. The van der Waals surface area contributed by atoms with E-state index in [1.54, 1.807) is 12.4 Å². The van der Waals surface area contributed by atoms with Crippen molar-refractivity contribution in [2.45, 2.75) is 58.2 Å². The fourth-order valence-corrected chi connectivity index (χ4v) is 3.66. The summed E-state index contributed by atoms with van der Waals surface area (Å²) < 4.78 is 5.70. The van der Waals surface area contributed by atoms with Gasteiger partial charge in [-0.05, 0) is 63.3 Å². The van der Waals surface area contributed by atoms with Gasteiger partial charge in [-0.2, -0.15) is 0 Å². The van der Waals surface area contributed by atoms with E-state index in [2.05, 4.69) is 14.9 Å². The van der Waals surface area contributed by atoms with E-state index in [-0.39, 0.29) is 12.0 Å². The zero-order valence-corrected chi connectivity index (χ0v) is 16.7. The van der Waals surface area contributed by atoms with Gasteiger partial charge < -0.3 is 14.5 Å². The Morgan fingerprint density at radius 1 is 1.18 bits per heavy atom. The van der Waals surface area contributed by atoms with Crippen molar-refractivity contribution in [1.82, 2.24) is 14.9 Å². The molecule has 2 aromatic rings. The molecule has 3 heterocycles. The van der Waals surface area contributed by atoms with Gasteiger partial charge in [-0.15, -0.1) is 0 Å². The van der Waals surface area contributed by atoms with E-state index in [1.807, 2.05) is 43.0 Å². The molecule has 6 heteroatoms. The molecule has 2 fully saturated rings. The third kappa shape index (κ3) is 4.43.